The first-order valence-corrected chi connectivity index (χ1v) is 12.0. The van der Waals surface area contributed by atoms with E-state index in [1.165, 1.54) is 6.07 Å². The number of halogens is 3. The molecule has 3 aromatic carbocycles. The molecular formula is C29H31F3N4. The number of hydrogen-bond acceptors (Lipinski definition) is 4. The molecule has 7 heteroatoms. The van der Waals surface area contributed by atoms with Crippen molar-refractivity contribution in [1.29, 1.82) is 5.41 Å². The predicted molar refractivity (Wildman–Crippen MR) is 140 cm³/mol. The molecule has 1 heterocycles. The van der Waals surface area contributed by atoms with Gasteiger partial charge in [0.1, 0.15) is 5.82 Å². The number of anilines is 2. The van der Waals surface area contributed by atoms with Gasteiger partial charge in [0, 0.05) is 40.7 Å². The molecule has 1 fully saturated rings. The highest BCUT2D eigenvalue weighted by Crippen LogP contribution is 2.34. The molecule has 0 saturated carbocycles. The fraction of sp³-hybridized carbons (Fsp3) is 0.276. The van der Waals surface area contributed by atoms with Gasteiger partial charge >= 0.3 is 6.55 Å². The minimum absolute atomic E-state index is 0.0245. The van der Waals surface area contributed by atoms with Crippen LogP contribution in [0.25, 0.3) is 0 Å². The van der Waals surface area contributed by atoms with Crippen LogP contribution >= 0.6 is 0 Å². The molecule has 0 aliphatic carbocycles. The maximum atomic E-state index is 14.1. The summed E-state index contributed by atoms with van der Waals surface area (Å²) >= 11 is 0. The van der Waals surface area contributed by atoms with Crippen molar-refractivity contribution in [2.75, 3.05) is 23.7 Å². The molecule has 0 amide bonds. The molecule has 0 unspecified atom stereocenters. The van der Waals surface area contributed by atoms with Gasteiger partial charge in [-0.2, -0.15) is 8.78 Å². The standard InChI is InChI=1S/C29H31F3N4/c1-19-7-3-6-10-27(19)36(29(31)32)20(2)22-13-15-35(16-14-22)18-21-11-12-24(26(33)17-21)28(34)23-8-4-5-9-25(23)30/h3-12,17,22,29,34H,2,13-16,18,33H2,1H3. The second kappa shape index (κ2) is 11.0. The second-order valence-corrected chi connectivity index (χ2v) is 9.25. The van der Waals surface area contributed by atoms with Crippen LogP contribution in [0.4, 0.5) is 24.5 Å². The Morgan fingerprint density at radius 1 is 1.06 bits per heavy atom. The van der Waals surface area contributed by atoms with Gasteiger partial charge in [0.2, 0.25) is 0 Å². The summed E-state index contributed by atoms with van der Waals surface area (Å²) < 4.78 is 42.1. The van der Waals surface area contributed by atoms with E-state index in [4.69, 9.17) is 11.1 Å². The molecular weight excluding hydrogens is 461 g/mol. The smallest absolute Gasteiger partial charge is 0.319 e. The largest absolute Gasteiger partial charge is 0.398 e. The third kappa shape index (κ3) is 5.46. The lowest BCUT2D eigenvalue weighted by atomic mass is 9.92. The van der Waals surface area contributed by atoms with Crippen molar-refractivity contribution in [3.63, 3.8) is 0 Å². The Hall–Kier alpha value is -3.58. The summed E-state index contributed by atoms with van der Waals surface area (Å²) in [4.78, 5) is 3.33. The number of likely N-dealkylation sites (tertiary alicyclic amines) is 1. The molecule has 0 aromatic heterocycles. The van der Waals surface area contributed by atoms with E-state index in [1.54, 1.807) is 36.4 Å². The third-order valence-electron chi connectivity index (χ3n) is 6.87. The van der Waals surface area contributed by atoms with Crippen LogP contribution < -0.4 is 10.6 Å². The lowest BCUT2D eigenvalue weighted by molar-refractivity contribution is 0.139. The van der Waals surface area contributed by atoms with Gasteiger partial charge in [-0.3, -0.25) is 15.2 Å². The van der Waals surface area contributed by atoms with Crippen LogP contribution in [0, 0.1) is 24.1 Å². The number of alkyl halides is 2. The number of nitrogens with zero attached hydrogens (tertiary/aromatic N) is 2. The van der Waals surface area contributed by atoms with Crippen molar-refractivity contribution in [2.24, 2.45) is 5.92 Å². The number of nitrogen functional groups attached to an aromatic ring is 1. The zero-order valence-electron chi connectivity index (χ0n) is 20.4. The van der Waals surface area contributed by atoms with Gasteiger partial charge in [0.15, 0.2) is 0 Å². The molecule has 36 heavy (non-hydrogen) atoms. The van der Waals surface area contributed by atoms with Crippen LogP contribution in [0.2, 0.25) is 0 Å². The van der Waals surface area contributed by atoms with Crippen molar-refractivity contribution in [2.45, 2.75) is 32.9 Å². The summed E-state index contributed by atoms with van der Waals surface area (Å²) in [5, 5.41) is 8.38. The highest BCUT2D eigenvalue weighted by Gasteiger charge is 2.29. The highest BCUT2D eigenvalue weighted by molar-refractivity contribution is 6.13. The second-order valence-electron chi connectivity index (χ2n) is 9.25. The van der Waals surface area contributed by atoms with Gasteiger partial charge in [-0.25, -0.2) is 4.39 Å². The first kappa shape index (κ1) is 25.5. The van der Waals surface area contributed by atoms with E-state index >= 15 is 0 Å². The minimum Gasteiger partial charge on any atom is -0.398 e. The van der Waals surface area contributed by atoms with Crippen molar-refractivity contribution >= 4 is 17.1 Å². The monoisotopic (exact) mass is 492 g/mol. The normalized spacial score (nSPS) is 14.7. The van der Waals surface area contributed by atoms with Crippen LogP contribution in [0.15, 0.2) is 79.0 Å². The Morgan fingerprint density at radius 2 is 1.72 bits per heavy atom. The molecule has 4 nitrogen and oxygen atoms in total. The Balaban J connectivity index is 1.39. The van der Waals surface area contributed by atoms with Gasteiger partial charge in [-0.15, -0.1) is 0 Å². The Bertz CT molecular complexity index is 1250. The van der Waals surface area contributed by atoms with Gasteiger partial charge in [-0.05, 0) is 68.2 Å². The van der Waals surface area contributed by atoms with E-state index in [-0.39, 0.29) is 17.2 Å². The van der Waals surface area contributed by atoms with Crippen LogP contribution in [-0.2, 0) is 6.54 Å². The zero-order chi connectivity index (χ0) is 25.8. The average molecular weight is 493 g/mol. The highest BCUT2D eigenvalue weighted by atomic mass is 19.3. The van der Waals surface area contributed by atoms with Crippen LogP contribution in [-0.4, -0.2) is 30.3 Å². The summed E-state index contributed by atoms with van der Waals surface area (Å²) in [6.45, 7) is 5.40. The van der Waals surface area contributed by atoms with Crippen LogP contribution in [0.1, 0.15) is 35.1 Å². The summed E-state index contributed by atoms with van der Waals surface area (Å²) in [6, 6.07) is 18.8. The summed E-state index contributed by atoms with van der Waals surface area (Å²) in [5.41, 5.74) is 10.1. The van der Waals surface area contributed by atoms with E-state index in [2.05, 4.69) is 11.5 Å². The van der Waals surface area contributed by atoms with Crippen LogP contribution in [0.5, 0.6) is 0 Å². The number of benzene rings is 3. The number of nitrogens with one attached hydrogen (secondary N) is 1. The lowest BCUT2D eigenvalue weighted by Gasteiger charge is -2.37. The Labute approximate surface area is 210 Å². The molecule has 1 saturated heterocycles. The zero-order valence-corrected chi connectivity index (χ0v) is 20.4. The van der Waals surface area contributed by atoms with Crippen molar-refractivity contribution in [3.8, 4) is 0 Å². The fourth-order valence-corrected chi connectivity index (χ4v) is 4.85. The summed E-state index contributed by atoms with van der Waals surface area (Å²) in [7, 11) is 0. The van der Waals surface area contributed by atoms with E-state index in [0.717, 1.165) is 42.0 Å². The number of allylic oxidation sites excluding steroid dienone is 1. The molecule has 4 rings (SSSR count). The molecule has 0 radical (unpaired) electrons. The first-order valence-electron chi connectivity index (χ1n) is 12.0. The van der Waals surface area contributed by atoms with Crippen molar-refractivity contribution < 1.29 is 13.2 Å². The van der Waals surface area contributed by atoms with Gasteiger partial charge in [0.25, 0.3) is 0 Å². The molecule has 1 aliphatic rings. The van der Waals surface area contributed by atoms with Crippen molar-refractivity contribution in [1.82, 2.24) is 4.90 Å². The maximum Gasteiger partial charge on any atom is 0.319 e. The van der Waals surface area contributed by atoms with Gasteiger partial charge < -0.3 is 5.73 Å². The van der Waals surface area contributed by atoms with Crippen molar-refractivity contribution in [3.05, 3.63) is 107 Å². The summed E-state index contributed by atoms with van der Waals surface area (Å²) in [6.07, 6.45) is 1.47. The summed E-state index contributed by atoms with van der Waals surface area (Å²) in [5.74, 6) is -0.480. The average Bonchev–Trinajstić information content (AvgIpc) is 2.85. The minimum atomic E-state index is -2.65. The number of aryl methyl sites for hydroxylation is 1. The Morgan fingerprint density at radius 3 is 2.36 bits per heavy atom. The first-order chi connectivity index (χ1) is 17.3. The molecule has 1 aliphatic heterocycles. The number of hydrogen-bond donors (Lipinski definition) is 2. The topological polar surface area (TPSA) is 56.4 Å². The predicted octanol–water partition coefficient (Wildman–Crippen LogP) is 6.59. The number of piperidine rings is 1. The molecule has 0 bridgehead atoms. The number of nitrogens with two attached hydrogens (primary N) is 1. The maximum absolute atomic E-state index is 14.1. The lowest BCUT2D eigenvalue weighted by Crippen LogP contribution is -2.38. The SMILES string of the molecule is C=C(C1CCN(Cc2ccc(C(=N)c3ccccc3F)c(N)c2)CC1)N(c1ccccc1C)C(F)F. The van der Waals surface area contributed by atoms with Gasteiger partial charge in [0.05, 0.1) is 5.71 Å². The van der Waals surface area contributed by atoms with E-state index in [9.17, 15) is 13.2 Å². The molecule has 3 N–H and O–H groups in total. The molecule has 0 atom stereocenters. The number of para-hydroxylation sites is 1. The molecule has 0 spiro atoms. The van der Waals surface area contributed by atoms with Crippen LogP contribution in [0.3, 0.4) is 0 Å². The van der Waals surface area contributed by atoms with Gasteiger partial charge in [-0.1, -0.05) is 49.0 Å². The fourth-order valence-electron chi connectivity index (χ4n) is 4.85. The Kier molecular flexibility index (Phi) is 7.79. The quantitative estimate of drug-likeness (QED) is 0.212. The molecule has 188 valence electrons. The van der Waals surface area contributed by atoms with E-state index in [1.807, 2.05) is 31.2 Å². The van der Waals surface area contributed by atoms with E-state index in [0.29, 0.717) is 29.2 Å². The number of rotatable bonds is 8. The third-order valence-corrected chi connectivity index (χ3v) is 6.87. The molecule has 3 aromatic rings. The van der Waals surface area contributed by atoms with E-state index < -0.39 is 12.4 Å².